The van der Waals surface area contributed by atoms with Crippen molar-refractivity contribution in [2.75, 3.05) is 18.4 Å². The number of carbonyl (C=O) groups is 1. The Balaban J connectivity index is 2.18. The molecule has 4 heteroatoms. The van der Waals surface area contributed by atoms with Crippen LogP contribution < -0.4 is 10.6 Å². The van der Waals surface area contributed by atoms with E-state index >= 15 is 0 Å². The molecule has 4 nitrogen and oxygen atoms in total. The monoisotopic (exact) mass is 292 g/mol. The largest absolute Gasteiger partial charge is 0.444 e. The molecular formula is C17H28N2O2. The summed E-state index contributed by atoms with van der Waals surface area (Å²) < 4.78 is 5.17. The highest BCUT2D eigenvalue weighted by Gasteiger charge is 2.15. The van der Waals surface area contributed by atoms with Crippen molar-refractivity contribution in [3.63, 3.8) is 0 Å². The first-order valence-corrected chi connectivity index (χ1v) is 7.58. The van der Waals surface area contributed by atoms with Crippen LogP contribution in [-0.2, 0) is 4.74 Å². The van der Waals surface area contributed by atoms with Gasteiger partial charge in [-0.3, -0.25) is 0 Å². The third-order valence-electron chi connectivity index (χ3n) is 2.93. The Bertz CT molecular complexity index is 433. The number of anilines is 1. The van der Waals surface area contributed by atoms with Gasteiger partial charge in [0.15, 0.2) is 0 Å². The van der Waals surface area contributed by atoms with Gasteiger partial charge in [0.1, 0.15) is 5.60 Å². The highest BCUT2D eigenvalue weighted by atomic mass is 16.6. The number of ether oxygens (including phenoxy) is 1. The van der Waals surface area contributed by atoms with Crippen molar-refractivity contribution in [1.82, 2.24) is 5.32 Å². The van der Waals surface area contributed by atoms with Crippen molar-refractivity contribution in [1.29, 1.82) is 0 Å². The normalized spacial score (nSPS) is 11.3. The summed E-state index contributed by atoms with van der Waals surface area (Å²) in [4.78, 5) is 11.4. The molecule has 0 radical (unpaired) electrons. The van der Waals surface area contributed by atoms with Crippen LogP contribution >= 0.6 is 0 Å². The first-order valence-electron chi connectivity index (χ1n) is 7.58. The Hall–Kier alpha value is -1.71. The van der Waals surface area contributed by atoms with Gasteiger partial charge >= 0.3 is 6.09 Å². The van der Waals surface area contributed by atoms with E-state index < -0.39 is 5.60 Å². The highest BCUT2D eigenvalue weighted by Crippen LogP contribution is 2.16. The number of benzene rings is 1. The molecule has 0 aliphatic carbocycles. The predicted molar refractivity (Wildman–Crippen MR) is 87.9 cm³/mol. The summed E-state index contributed by atoms with van der Waals surface area (Å²) in [5, 5.41) is 6.09. The average molecular weight is 292 g/mol. The number of rotatable bonds is 6. The number of carbonyl (C=O) groups excluding carboxylic acids is 1. The summed E-state index contributed by atoms with van der Waals surface area (Å²) in [6, 6.07) is 8.48. The molecule has 0 fully saturated rings. The molecule has 21 heavy (non-hydrogen) atoms. The fourth-order valence-corrected chi connectivity index (χ4v) is 1.81. The maximum absolute atomic E-state index is 11.4. The first-order chi connectivity index (χ1) is 9.78. The van der Waals surface area contributed by atoms with E-state index in [-0.39, 0.29) is 6.09 Å². The maximum Gasteiger partial charge on any atom is 0.407 e. The molecule has 0 aliphatic heterocycles. The molecule has 0 bridgehead atoms. The Morgan fingerprint density at radius 2 is 1.76 bits per heavy atom. The second-order valence-corrected chi connectivity index (χ2v) is 6.49. The molecule has 1 aromatic rings. The van der Waals surface area contributed by atoms with Gasteiger partial charge in [-0.25, -0.2) is 4.79 Å². The van der Waals surface area contributed by atoms with Crippen LogP contribution in [0.4, 0.5) is 10.5 Å². The van der Waals surface area contributed by atoms with E-state index in [1.807, 2.05) is 20.8 Å². The fraction of sp³-hybridized carbons (Fsp3) is 0.588. The summed E-state index contributed by atoms with van der Waals surface area (Å²) in [6.45, 7) is 11.4. The van der Waals surface area contributed by atoms with Crippen molar-refractivity contribution < 1.29 is 9.53 Å². The zero-order chi connectivity index (χ0) is 15.9. The zero-order valence-electron chi connectivity index (χ0n) is 13.8. The maximum atomic E-state index is 11.4. The van der Waals surface area contributed by atoms with Gasteiger partial charge in [-0.1, -0.05) is 26.0 Å². The first kappa shape index (κ1) is 17.3. The van der Waals surface area contributed by atoms with Gasteiger partial charge in [0.05, 0.1) is 0 Å². The molecule has 0 spiro atoms. The van der Waals surface area contributed by atoms with Crippen LogP contribution in [0.5, 0.6) is 0 Å². The smallest absolute Gasteiger partial charge is 0.407 e. The number of amides is 1. The summed E-state index contributed by atoms with van der Waals surface area (Å²) in [7, 11) is 0. The van der Waals surface area contributed by atoms with E-state index in [1.165, 1.54) is 5.56 Å². The Kier molecular flexibility index (Phi) is 6.53. The van der Waals surface area contributed by atoms with Crippen LogP contribution in [0.3, 0.4) is 0 Å². The van der Waals surface area contributed by atoms with Gasteiger partial charge in [-0.15, -0.1) is 0 Å². The zero-order valence-corrected chi connectivity index (χ0v) is 13.8. The van der Waals surface area contributed by atoms with Gasteiger partial charge < -0.3 is 15.4 Å². The molecule has 0 atom stereocenters. The second-order valence-electron chi connectivity index (χ2n) is 6.49. The van der Waals surface area contributed by atoms with Crippen LogP contribution in [0.1, 0.15) is 52.5 Å². The van der Waals surface area contributed by atoms with E-state index in [0.29, 0.717) is 12.5 Å². The lowest BCUT2D eigenvalue weighted by molar-refractivity contribution is 0.0528. The molecule has 1 rings (SSSR count). The summed E-state index contributed by atoms with van der Waals surface area (Å²) in [5.74, 6) is 0.553. The van der Waals surface area contributed by atoms with Gasteiger partial charge in [0.25, 0.3) is 0 Å². The molecule has 1 amide bonds. The van der Waals surface area contributed by atoms with Crippen molar-refractivity contribution in [3.8, 4) is 0 Å². The molecule has 118 valence electrons. The van der Waals surface area contributed by atoms with E-state index in [1.54, 1.807) is 0 Å². The summed E-state index contributed by atoms with van der Waals surface area (Å²) >= 11 is 0. The number of alkyl carbamates (subject to hydrolysis) is 1. The Labute approximate surface area is 128 Å². The van der Waals surface area contributed by atoms with E-state index in [0.717, 1.165) is 18.7 Å². The summed E-state index contributed by atoms with van der Waals surface area (Å²) in [5.41, 5.74) is 2.00. The van der Waals surface area contributed by atoms with Crippen LogP contribution in [0.25, 0.3) is 0 Å². The number of hydrogen-bond donors (Lipinski definition) is 2. The van der Waals surface area contributed by atoms with Gasteiger partial charge in [-0.05, 0) is 50.8 Å². The molecule has 0 aromatic heterocycles. The minimum absolute atomic E-state index is 0.358. The fourth-order valence-electron chi connectivity index (χ4n) is 1.81. The lowest BCUT2D eigenvalue weighted by Crippen LogP contribution is -2.33. The number of hydrogen-bond acceptors (Lipinski definition) is 3. The van der Waals surface area contributed by atoms with Gasteiger partial charge in [0, 0.05) is 18.8 Å². The van der Waals surface area contributed by atoms with E-state index in [2.05, 4.69) is 48.7 Å². The van der Waals surface area contributed by atoms with Crippen LogP contribution in [-0.4, -0.2) is 24.8 Å². The van der Waals surface area contributed by atoms with Crippen molar-refractivity contribution in [2.24, 2.45) is 0 Å². The lowest BCUT2D eigenvalue weighted by Gasteiger charge is -2.19. The van der Waals surface area contributed by atoms with Gasteiger partial charge in [0.2, 0.25) is 0 Å². The van der Waals surface area contributed by atoms with Crippen LogP contribution in [0.15, 0.2) is 24.3 Å². The third-order valence-corrected chi connectivity index (χ3v) is 2.93. The topological polar surface area (TPSA) is 50.4 Å². The summed E-state index contributed by atoms with van der Waals surface area (Å²) in [6.07, 6.45) is 0.495. The van der Waals surface area contributed by atoms with E-state index in [9.17, 15) is 4.79 Å². The van der Waals surface area contributed by atoms with Crippen molar-refractivity contribution in [3.05, 3.63) is 29.8 Å². The molecule has 0 heterocycles. The van der Waals surface area contributed by atoms with Crippen molar-refractivity contribution >= 4 is 11.8 Å². The lowest BCUT2D eigenvalue weighted by atomic mass is 10.0. The van der Waals surface area contributed by atoms with Crippen LogP contribution in [0, 0.1) is 0 Å². The average Bonchev–Trinajstić information content (AvgIpc) is 2.36. The molecular weight excluding hydrogens is 264 g/mol. The molecule has 0 saturated heterocycles. The van der Waals surface area contributed by atoms with E-state index in [4.69, 9.17) is 4.74 Å². The molecule has 0 saturated carbocycles. The SMILES string of the molecule is CC(C)c1ccc(NCCCNC(=O)OC(C)(C)C)cc1. The molecule has 1 aromatic carbocycles. The minimum Gasteiger partial charge on any atom is -0.444 e. The predicted octanol–water partition coefficient (Wildman–Crippen LogP) is 4.14. The van der Waals surface area contributed by atoms with Crippen LogP contribution in [0.2, 0.25) is 0 Å². The van der Waals surface area contributed by atoms with Gasteiger partial charge in [-0.2, -0.15) is 0 Å². The molecule has 2 N–H and O–H groups in total. The highest BCUT2D eigenvalue weighted by molar-refractivity contribution is 5.67. The quantitative estimate of drug-likeness (QED) is 0.775. The van der Waals surface area contributed by atoms with Crippen molar-refractivity contribution in [2.45, 2.75) is 52.6 Å². The minimum atomic E-state index is -0.444. The third kappa shape index (κ3) is 7.59. The Morgan fingerprint density at radius 1 is 1.14 bits per heavy atom. The molecule has 0 aliphatic rings. The standard InChI is InChI=1S/C17H28N2O2/c1-13(2)14-7-9-15(10-8-14)18-11-6-12-19-16(20)21-17(3,4)5/h7-10,13,18H,6,11-12H2,1-5H3,(H,19,20). The second kappa shape index (κ2) is 7.91. The number of nitrogens with one attached hydrogen (secondary N) is 2. The Morgan fingerprint density at radius 3 is 2.29 bits per heavy atom. The molecule has 0 unspecified atom stereocenters.